The van der Waals surface area contributed by atoms with Gasteiger partial charge in [-0.25, -0.2) is 4.39 Å². The Hall–Kier alpha value is -1.62. The van der Waals surface area contributed by atoms with E-state index in [4.69, 9.17) is 5.11 Å². The molecule has 0 aromatic heterocycles. The minimum atomic E-state index is -0.879. The van der Waals surface area contributed by atoms with Crippen molar-refractivity contribution in [3.63, 3.8) is 0 Å². The predicted octanol–water partition coefficient (Wildman–Crippen LogP) is 1.44. The maximum absolute atomic E-state index is 12.9. The molecule has 5 heteroatoms. The van der Waals surface area contributed by atoms with E-state index in [1.54, 1.807) is 11.9 Å². The molecule has 0 radical (unpaired) electrons. The lowest BCUT2D eigenvalue weighted by Gasteiger charge is -2.16. The predicted molar refractivity (Wildman–Crippen MR) is 56.7 cm³/mol. The summed E-state index contributed by atoms with van der Waals surface area (Å²) in [6.45, 7) is 0.669. The second-order valence-corrected chi connectivity index (χ2v) is 3.65. The summed E-state index contributed by atoms with van der Waals surface area (Å²) in [5.74, 6) is -1.28. The molecular formula is C11H14FNO3. The number of carbonyl (C=O) groups is 1. The van der Waals surface area contributed by atoms with Gasteiger partial charge in [-0.3, -0.25) is 4.79 Å². The number of hydrogen-bond donors (Lipinski definition) is 2. The van der Waals surface area contributed by atoms with Crippen LogP contribution in [-0.2, 0) is 11.3 Å². The summed E-state index contributed by atoms with van der Waals surface area (Å²) in [7, 11) is 1.72. The van der Waals surface area contributed by atoms with E-state index in [2.05, 4.69) is 0 Å². The number of carboxylic acids is 1. The van der Waals surface area contributed by atoms with Gasteiger partial charge in [0.25, 0.3) is 0 Å². The molecule has 16 heavy (non-hydrogen) atoms. The van der Waals surface area contributed by atoms with Gasteiger partial charge in [-0.2, -0.15) is 0 Å². The van der Waals surface area contributed by atoms with E-state index >= 15 is 0 Å². The van der Waals surface area contributed by atoms with Crippen LogP contribution in [0.5, 0.6) is 5.75 Å². The van der Waals surface area contributed by atoms with Crippen LogP contribution >= 0.6 is 0 Å². The monoisotopic (exact) mass is 227 g/mol. The van der Waals surface area contributed by atoms with Crippen molar-refractivity contribution in [3.05, 3.63) is 29.6 Å². The van der Waals surface area contributed by atoms with Crippen molar-refractivity contribution in [1.82, 2.24) is 4.90 Å². The Labute approximate surface area is 92.9 Å². The normalized spacial score (nSPS) is 10.7. The highest BCUT2D eigenvalue weighted by Crippen LogP contribution is 2.19. The summed E-state index contributed by atoms with van der Waals surface area (Å²) in [4.78, 5) is 12.1. The lowest BCUT2D eigenvalue weighted by Crippen LogP contribution is -2.21. The van der Waals surface area contributed by atoms with Crippen molar-refractivity contribution in [2.45, 2.75) is 13.0 Å². The molecule has 0 heterocycles. The van der Waals surface area contributed by atoms with Gasteiger partial charge >= 0.3 is 5.97 Å². The number of hydrogen-bond acceptors (Lipinski definition) is 3. The van der Waals surface area contributed by atoms with Crippen molar-refractivity contribution < 1.29 is 19.4 Å². The van der Waals surface area contributed by atoms with Crippen LogP contribution in [0, 0.1) is 5.82 Å². The van der Waals surface area contributed by atoms with E-state index in [0.717, 1.165) is 0 Å². The van der Waals surface area contributed by atoms with Gasteiger partial charge < -0.3 is 15.1 Å². The van der Waals surface area contributed by atoms with Gasteiger partial charge in [0.05, 0.1) is 6.42 Å². The third kappa shape index (κ3) is 3.86. The second kappa shape index (κ2) is 5.46. The molecule has 88 valence electrons. The summed E-state index contributed by atoms with van der Waals surface area (Å²) in [5.41, 5.74) is 0.452. The summed E-state index contributed by atoms with van der Waals surface area (Å²) in [6.07, 6.45) is 0.0204. The van der Waals surface area contributed by atoms with Gasteiger partial charge in [0, 0.05) is 18.7 Å². The second-order valence-electron chi connectivity index (χ2n) is 3.65. The van der Waals surface area contributed by atoms with E-state index in [-0.39, 0.29) is 12.2 Å². The molecule has 0 atom stereocenters. The van der Waals surface area contributed by atoms with Crippen LogP contribution in [0.3, 0.4) is 0 Å². The Balaban J connectivity index is 2.58. The third-order valence-electron chi connectivity index (χ3n) is 2.19. The molecule has 1 aromatic rings. The Morgan fingerprint density at radius 1 is 1.50 bits per heavy atom. The molecular weight excluding hydrogens is 213 g/mol. The average molecular weight is 227 g/mol. The molecule has 1 aromatic carbocycles. The van der Waals surface area contributed by atoms with Crippen molar-refractivity contribution in [2.75, 3.05) is 13.6 Å². The number of rotatable bonds is 5. The van der Waals surface area contributed by atoms with E-state index < -0.39 is 11.8 Å². The van der Waals surface area contributed by atoms with Gasteiger partial charge in [0.1, 0.15) is 11.6 Å². The Morgan fingerprint density at radius 2 is 2.19 bits per heavy atom. The minimum Gasteiger partial charge on any atom is -0.508 e. The molecule has 0 fully saturated rings. The maximum Gasteiger partial charge on any atom is 0.304 e. The standard InChI is InChI=1S/C11H14FNO3/c1-13(5-4-11(15)16)7-8-6-9(12)2-3-10(8)14/h2-3,6,14H,4-5,7H2,1H3,(H,15,16). The van der Waals surface area contributed by atoms with Gasteiger partial charge in [-0.15, -0.1) is 0 Å². The molecule has 0 unspecified atom stereocenters. The average Bonchev–Trinajstić information content (AvgIpc) is 2.20. The zero-order chi connectivity index (χ0) is 12.1. The first-order valence-corrected chi connectivity index (χ1v) is 4.87. The first kappa shape index (κ1) is 12.4. The molecule has 0 aliphatic carbocycles. The van der Waals surface area contributed by atoms with Crippen molar-refractivity contribution in [2.24, 2.45) is 0 Å². The van der Waals surface area contributed by atoms with Gasteiger partial charge in [-0.1, -0.05) is 0 Å². The number of benzene rings is 1. The molecule has 0 saturated heterocycles. The van der Waals surface area contributed by atoms with Crippen LogP contribution in [0.25, 0.3) is 0 Å². The smallest absolute Gasteiger partial charge is 0.304 e. The number of phenols is 1. The van der Waals surface area contributed by atoms with Gasteiger partial charge in [-0.05, 0) is 25.2 Å². The van der Waals surface area contributed by atoms with E-state index in [1.165, 1.54) is 18.2 Å². The molecule has 0 amide bonds. The van der Waals surface area contributed by atoms with Crippen molar-refractivity contribution in [1.29, 1.82) is 0 Å². The fraction of sp³-hybridized carbons (Fsp3) is 0.364. The van der Waals surface area contributed by atoms with Crippen LogP contribution in [0.2, 0.25) is 0 Å². The van der Waals surface area contributed by atoms with Crippen LogP contribution in [0.1, 0.15) is 12.0 Å². The van der Waals surface area contributed by atoms with E-state index in [0.29, 0.717) is 18.7 Å². The largest absolute Gasteiger partial charge is 0.508 e. The zero-order valence-electron chi connectivity index (χ0n) is 8.98. The third-order valence-corrected chi connectivity index (χ3v) is 2.19. The maximum atomic E-state index is 12.9. The highest BCUT2D eigenvalue weighted by Gasteiger charge is 2.07. The Morgan fingerprint density at radius 3 is 2.81 bits per heavy atom. The number of halogens is 1. The molecule has 0 saturated carbocycles. The van der Waals surface area contributed by atoms with Crippen LogP contribution < -0.4 is 0 Å². The summed E-state index contributed by atoms with van der Waals surface area (Å²) >= 11 is 0. The fourth-order valence-corrected chi connectivity index (χ4v) is 1.34. The van der Waals surface area contributed by atoms with Crippen molar-refractivity contribution >= 4 is 5.97 Å². The quantitative estimate of drug-likeness (QED) is 0.799. The molecule has 0 aliphatic rings. The minimum absolute atomic E-state index is 0.0172. The fourth-order valence-electron chi connectivity index (χ4n) is 1.34. The Kier molecular flexibility index (Phi) is 4.25. The molecule has 0 aliphatic heterocycles. The highest BCUT2D eigenvalue weighted by molar-refractivity contribution is 5.66. The lowest BCUT2D eigenvalue weighted by molar-refractivity contribution is -0.137. The van der Waals surface area contributed by atoms with Crippen molar-refractivity contribution in [3.8, 4) is 5.75 Å². The molecule has 2 N–H and O–H groups in total. The topological polar surface area (TPSA) is 60.8 Å². The highest BCUT2D eigenvalue weighted by atomic mass is 19.1. The number of aromatic hydroxyl groups is 1. The zero-order valence-corrected chi connectivity index (χ0v) is 8.98. The number of aliphatic carboxylic acids is 1. The van der Waals surface area contributed by atoms with Gasteiger partial charge in [0.2, 0.25) is 0 Å². The van der Waals surface area contributed by atoms with Crippen LogP contribution in [0.4, 0.5) is 4.39 Å². The molecule has 0 spiro atoms. The van der Waals surface area contributed by atoms with E-state index in [9.17, 15) is 14.3 Å². The Bertz CT molecular complexity index is 381. The van der Waals surface area contributed by atoms with Crippen LogP contribution in [-0.4, -0.2) is 34.7 Å². The number of nitrogens with zero attached hydrogens (tertiary/aromatic N) is 1. The molecule has 1 rings (SSSR count). The first-order chi connectivity index (χ1) is 7.49. The summed E-state index contributed by atoms with van der Waals surface area (Å²) in [6, 6.07) is 3.71. The first-order valence-electron chi connectivity index (χ1n) is 4.87. The number of carboxylic acid groups (broad SMARTS) is 1. The van der Waals surface area contributed by atoms with E-state index in [1.807, 2.05) is 0 Å². The molecule has 0 bridgehead atoms. The lowest BCUT2D eigenvalue weighted by atomic mass is 10.2. The molecule has 4 nitrogen and oxygen atoms in total. The summed E-state index contributed by atoms with van der Waals surface area (Å²) in [5, 5.41) is 17.9. The summed E-state index contributed by atoms with van der Waals surface area (Å²) < 4.78 is 12.9. The number of phenolic OH excluding ortho intramolecular Hbond substituents is 1. The van der Waals surface area contributed by atoms with Gasteiger partial charge in [0.15, 0.2) is 0 Å². The van der Waals surface area contributed by atoms with Crippen LogP contribution in [0.15, 0.2) is 18.2 Å². The SMILES string of the molecule is CN(CCC(=O)O)Cc1cc(F)ccc1O.